The van der Waals surface area contributed by atoms with Crippen molar-refractivity contribution in [2.75, 3.05) is 19.6 Å². The van der Waals surface area contributed by atoms with Crippen LogP contribution in [0.3, 0.4) is 0 Å². The molecule has 0 radical (unpaired) electrons. The van der Waals surface area contributed by atoms with E-state index in [-0.39, 0.29) is 6.03 Å². The summed E-state index contributed by atoms with van der Waals surface area (Å²) in [5.41, 5.74) is 4.96. The average Bonchev–Trinajstić information content (AvgIpc) is 3.19. The van der Waals surface area contributed by atoms with Crippen molar-refractivity contribution >= 4 is 6.03 Å². The molecular formula is C18H22N4O. The first-order chi connectivity index (χ1) is 11.2. The zero-order valence-electron chi connectivity index (χ0n) is 13.6. The molecule has 1 saturated heterocycles. The molecule has 1 fully saturated rings. The van der Waals surface area contributed by atoms with Crippen molar-refractivity contribution in [3.63, 3.8) is 0 Å². The third kappa shape index (κ3) is 2.22. The first kappa shape index (κ1) is 14.3. The molecule has 120 valence electrons. The monoisotopic (exact) mass is 310 g/mol. The maximum absolute atomic E-state index is 12.1. The summed E-state index contributed by atoms with van der Waals surface area (Å²) in [6.07, 6.45) is 1.02. The summed E-state index contributed by atoms with van der Waals surface area (Å²) in [5.74, 6) is 0.941. The molecule has 4 rings (SSSR count). The summed E-state index contributed by atoms with van der Waals surface area (Å²) in [6, 6.07) is 10.4. The minimum absolute atomic E-state index is 0.0635. The molecule has 5 nitrogen and oxygen atoms in total. The van der Waals surface area contributed by atoms with E-state index in [2.05, 4.69) is 29.6 Å². The Hall–Kier alpha value is -2.30. The molecule has 23 heavy (non-hydrogen) atoms. The van der Waals surface area contributed by atoms with Gasteiger partial charge in [-0.15, -0.1) is 0 Å². The number of hydrogen-bond acceptors (Lipinski definition) is 2. The number of fused-ring (bicyclic) bond motifs is 3. The third-order valence-electron chi connectivity index (χ3n) is 5.14. The van der Waals surface area contributed by atoms with Gasteiger partial charge in [-0.3, -0.25) is 4.68 Å². The number of carbonyl (C=O) groups is 1. The largest absolute Gasteiger partial charge is 0.338 e. The number of hydrogen-bond donors (Lipinski definition) is 1. The standard InChI is InChI=1S/C18H22N4O/c1-3-19-18(23)22-10-13-9-15-16(14(13)11-22)17(20-21(15)2)12-7-5-4-6-8-12/h4-8,13-14H,3,9-11H2,1-2H3,(H,19,23)/t13-,14+/m0/s1. The zero-order chi connectivity index (χ0) is 16.0. The van der Waals surface area contributed by atoms with E-state index in [1.807, 2.05) is 29.6 Å². The minimum atomic E-state index is 0.0635. The predicted octanol–water partition coefficient (Wildman–Crippen LogP) is 2.39. The fraction of sp³-hybridized carbons (Fsp3) is 0.444. The number of nitrogens with one attached hydrogen (secondary N) is 1. The van der Waals surface area contributed by atoms with Gasteiger partial charge in [0.15, 0.2) is 0 Å². The molecule has 1 N–H and O–H groups in total. The van der Waals surface area contributed by atoms with Crippen molar-refractivity contribution in [2.45, 2.75) is 19.3 Å². The molecule has 0 saturated carbocycles. The second-order valence-corrected chi connectivity index (χ2v) is 6.51. The summed E-state index contributed by atoms with van der Waals surface area (Å²) < 4.78 is 2.03. The van der Waals surface area contributed by atoms with Gasteiger partial charge < -0.3 is 10.2 Å². The highest BCUT2D eigenvalue weighted by atomic mass is 16.2. The third-order valence-corrected chi connectivity index (χ3v) is 5.14. The molecule has 2 atom stereocenters. The van der Waals surface area contributed by atoms with Gasteiger partial charge in [0.05, 0.1) is 5.69 Å². The number of likely N-dealkylation sites (tertiary alicyclic amines) is 1. The Morgan fingerprint density at radius 1 is 1.30 bits per heavy atom. The van der Waals surface area contributed by atoms with E-state index in [1.54, 1.807) is 0 Å². The van der Waals surface area contributed by atoms with Crippen molar-refractivity contribution in [1.82, 2.24) is 20.0 Å². The molecule has 5 heteroatoms. The van der Waals surface area contributed by atoms with Gasteiger partial charge in [-0.25, -0.2) is 4.79 Å². The van der Waals surface area contributed by atoms with Crippen LogP contribution in [0.5, 0.6) is 0 Å². The maximum Gasteiger partial charge on any atom is 0.317 e. The van der Waals surface area contributed by atoms with Gasteiger partial charge in [0.2, 0.25) is 0 Å². The number of carbonyl (C=O) groups excluding carboxylic acids is 1. The van der Waals surface area contributed by atoms with E-state index in [9.17, 15) is 4.79 Å². The number of benzene rings is 1. The van der Waals surface area contributed by atoms with Crippen LogP contribution < -0.4 is 5.32 Å². The van der Waals surface area contributed by atoms with E-state index in [4.69, 9.17) is 5.10 Å². The van der Waals surface area contributed by atoms with Gasteiger partial charge in [0.25, 0.3) is 0 Å². The Kier molecular flexibility index (Phi) is 3.36. The highest BCUT2D eigenvalue weighted by Crippen LogP contribution is 2.46. The molecule has 2 amide bonds. The zero-order valence-corrected chi connectivity index (χ0v) is 13.6. The summed E-state index contributed by atoms with van der Waals surface area (Å²) >= 11 is 0. The number of rotatable bonds is 2. The van der Waals surface area contributed by atoms with Crippen LogP contribution >= 0.6 is 0 Å². The molecule has 0 unspecified atom stereocenters. The SMILES string of the molecule is CCNC(=O)N1C[C@@H]2Cc3c(c(-c4ccccc4)nn3C)[C@@H]2C1. The molecule has 0 bridgehead atoms. The quantitative estimate of drug-likeness (QED) is 0.926. The van der Waals surface area contributed by atoms with Crippen LogP contribution in [0.1, 0.15) is 24.1 Å². The fourth-order valence-electron chi connectivity index (χ4n) is 4.10. The molecule has 2 aliphatic rings. The van der Waals surface area contributed by atoms with Gasteiger partial charge in [-0.1, -0.05) is 30.3 Å². The number of amides is 2. The lowest BCUT2D eigenvalue weighted by molar-refractivity contribution is 0.207. The van der Waals surface area contributed by atoms with Gasteiger partial charge in [0, 0.05) is 49.4 Å². The van der Waals surface area contributed by atoms with Crippen molar-refractivity contribution in [3.8, 4) is 11.3 Å². The van der Waals surface area contributed by atoms with Crippen LogP contribution in [0.15, 0.2) is 30.3 Å². The van der Waals surface area contributed by atoms with Gasteiger partial charge in [-0.05, 0) is 19.3 Å². The molecule has 2 heterocycles. The van der Waals surface area contributed by atoms with E-state index >= 15 is 0 Å². The van der Waals surface area contributed by atoms with Gasteiger partial charge in [-0.2, -0.15) is 5.10 Å². The van der Waals surface area contributed by atoms with Crippen molar-refractivity contribution in [1.29, 1.82) is 0 Å². The highest BCUT2D eigenvalue weighted by Gasteiger charge is 2.45. The van der Waals surface area contributed by atoms with E-state index in [0.717, 1.165) is 25.2 Å². The molecule has 2 aromatic rings. The summed E-state index contributed by atoms with van der Waals surface area (Å²) in [6.45, 7) is 4.29. The number of nitrogens with zero attached hydrogens (tertiary/aromatic N) is 3. The van der Waals surface area contributed by atoms with Crippen molar-refractivity contribution in [3.05, 3.63) is 41.6 Å². The molecule has 1 aliphatic carbocycles. The highest BCUT2D eigenvalue weighted by molar-refractivity contribution is 5.75. The Balaban J connectivity index is 1.68. The lowest BCUT2D eigenvalue weighted by Crippen LogP contribution is -2.38. The molecule has 1 aromatic heterocycles. The van der Waals surface area contributed by atoms with Crippen LogP contribution in [0.4, 0.5) is 4.79 Å². The van der Waals surface area contributed by atoms with Crippen molar-refractivity contribution < 1.29 is 4.79 Å². The lowest BCUT2D eigenvalue weighted by atomic mass is 9.94. The summed E-state index contributed by atoms with van der Waals surface area (Å²) in [5, 5.41) is 7.69. The second-order valence-electron chi connectivity index (χ2n) is 6.51. The Bertz CT molecular complexity index is 737. The molecule has 0 spiro atoms. The van der Waals surface area contributed by atoms with Gasteiger partial charge in [0.1, 0.15) is 0 Å². The van der Waals surface area contributed by atoms with Crippen LogP contribution in [0.2, 0.25) is 0 Å². The average molecular weight is 310 g/mol. The maximum atomic E-state index is 12.1. The first-order valence-electron chi connectivity index (χ1n) is 8.33. The topological polar surface area (TPSA) is 50.2 Å². The van der Waals surface area contributed by atoms with Crippen LogP contribution in [-0.4, -0.2) is 40.3 Å². The van der Waals surface area contributed by atoms with Gasteiger partial charge >= 0.3 is 6.03 Å². The van der Waals surface area contributed by atoms with E-state index < -0.39 is 0 Å². The predicted molar refractivity (Wildman–Crippen MR) is 89.2 cm³/mol. The first-order valence-corrected chi connectivity index (χ1v) is 8.33. The fourth-order valence-corrected chi connectivity index (χ4v) is 4.10. The van der Waals surface area contributed by atoms with Crippen LogP contribution in [-0.2, 0) is 13.5 Å². The van der Waals surface area contributed by atoms with E-state index in [0.29, 0.717) is 18.4 Å². The number of aromatic nitrogens is 2. The molecule has 1 aliphatic heterocycles. The van der Waals surface area contributed by atoms with E-state index in [1.165, 1.54) is 16.8 Å². The molecular weight excluding hydrogens is 288 g/mol. The lowest BCUT2D eigenvalue weighted by Gasteiger charge is -2.17. The van der Waals surface area contributed by atoms with Crippen LogP contribution in [0.25, 0.3) is 11.3 Å². The minimum Gasteiger partial charge on any atom is -0.338 e. The number of urea groups is 1. The van der Waals surface area contributed by atoms with Crippen molar-refractivity contribution in [2.24, 2.45) is 13.0 Å². The molecule has 1 aromatic carbocycles. The Morgan fingerprint density at radius 3 is 2.83 bits per heavy atom. The van der Waals surface area contributed by atoms with Crippen LogP contribution in [0, 0.1) is 5.92 Å². The Labute approximate surface area is 136 Å². The normalized spacial score (nSPS) is 22.1. The smallest absolute Gasteiger partial charge is 0.317 e. The second kappa shape index (κ2) is 5.41. The summed E-state index contributed by atoms with van der Waals surface area (Å²) in [7, 11) is 2.04. The summed E-state index contributed by atoms with van der Waals surface area (Å²) in [4.78, 5) is 14.1. The number of aryl methyl sites for hydroxylation is 1. The Morgan fingerprint density at radius 2 is 2.09 bits per heavy atom.